The molecule has 4 aromatic rings. The summed E-state index contributed by atoms with van der Waals surface area (Å²) in [5.41, 5.74) is 10.5. The van der Waals surface area contributed by atoms with E-state index in [2.05, 4.69) is 34.6 Å². The Morgan fingerprint density at radius 1 is 1.09 bits per heavy atom. The van der Waals surface area contributed by atoms with Gasteiger partial charge in [0, 0.05) is 47.4 Å². The molecule has 0 unspecified atom stereocenters. The zero-order valence-electron chi connectivity index (χ0n) is 18.4. The van der Waals surface area contributed by atoms with Crippen molar-refractivity contribution < 1.29 is 0 Å². The van der Waals surface area contributed by atoms with E-state index in [0.29, 0.717) is 11.5 Å². The molecule has 0 bridgehead atoms. The van der Waals surface area contributed by atoms with E-state index < -0.39 is 0 Å². The summed E-state index contributed by atoms with van der Waals surface area (Å²) in [7, 11) is 0. The molecule has 1 aromatic carbocycles. The van der Waals surface area contributed by atoms with Gasteiger partial charge in [0.25, 0.3) is 0 Å². The fraction of sp³-hybridized carbons (Fsp3) is 0.200. The van der Waals surface area contributed by atoms with Gasteiger partial charge in [0.05, 0.1) is 10.2 Å². The highest BCUT2D eigenvalue weighted by atomic mass is 32.1. The Morgan fingerprint density at radius 3 is 2.56 bits per heavy atom. The van der Waals surface area contributed by atoms with Crippen LogP contribution in [0.5, 0.6) is 0 Å². The number of thiophene rings is 1. The first-order valence-corrected chi connectivity index (χ1v) is 11.6. The number of hydrogen-bond acceptors (Lipinski definition) is 7. The van der Waals surface area contributed by atoms with Gasteiger partial charge in [-0.25, -0.2) is 9.97 Å². The number of fused-ring (bicyclic) bond motifs is 1. The number of aromatic nitrogens is 3. The van der Waals surface area contributed by atoms with Crippen LogP contribution < -0.4 is 11.1 Å². The van der Waals surface area contributed by atoms with Gasteiger partial charge in [-0.3, -0.25) is 4.98 Å². The molecule has 0 aliphatic carbocycles. The minimum Gasteiger partial charge on any atom is -0.398 e. The minimum atomic E-state index is 0.519. The lowest BCUT2D eigenvalue weighted by Crippen LogP contribution is -2.06. The second-order valence-corrected chi connectivity index (χ2v) is 7.64. The lowest BCUT2D eigenvalue weighted by atomic mass is 10.1. The Balaban J connectivity index is 0.00000141. The first kappa shape index (κ1) is 23.1. The third kappa shape index (κ3) is 5.56. The molecule has 164 valence electrons. The van der Waals surface area contributed by atoms with Crippen LogP contribution in [-0.2, 0) is 6.42 Å². The first-order chi connectivity index (χ1) is 15.8. The predicted octanol–water partition coefficient (Wildman–Crippen LogP) is 5.77. The average Bonchev–Trinajstić information content (AvgIpc) is 3.29. The van der Waals surface area contributed by atoms with Gasteiger partial charge in [0.15, 0.2) is 5.82 Å². The molecule has 0 amide bonds. The fourth-order valence-electron chi connectivity index (χ4n) is 3.20. The molecule has 6 nitrogen and oxygen atoms in total. The van der Waals surface area contributed by atoms with Crippen molar-refractivity contribution in [3.8, 4) is 11.4 Å². The van der Waals surface area contributed by atoms with Crippen molar-refractivity contribution in [3.05, 3.63) is 77.4 Å². The quantitative estimate of drug-likeness (QED) is 0.236. The van der Waals surface area contributed by atoms with Gasteiger partial charge < -0.3 is 16.5 Å². The van der Waals surface area contributed by atoms with Gasteiger partial charge in [-0.15, -0.1) is 11.3 Å². The Kier molecular flexibility index (Phi) is 8.45. The Bertz CT molecular complexity index is 1170. The van der Waals surface area contributed by atoms with Gasteiger partial charge >= 0.3 is 0 Å². The Hall–Kier alpha value is -3.58. The monoisotopic (exact) mass is 444 g/mol. The van der Waals surface area contributed by atoms with Crippen molar-refractivity contribution in [2.24, 2.45) is 5.73 Å². The van der Waals surface area contributed by atoms with Crippen molar-refractivity contribution in [2.75, 3.05) is 11.9 Å². The number of pyridine rings is 1. The summed E-state index contributed by atoms with van der Waals surface area (Å²) in [5, 5.41) is 12.8. The maximum atomic E-state index is 7.32. The molecule has 0 spiro atoms. The summed E-state index contributed by atoms with van der Waals surface area (Å²) >= 11 is 1.56. The highest BCUT2D eigenvalue weighted by Crippen LogP contribution is 2.34. The summed E-state index contributed by atoms with van der Waals surface area (Å²) in [4.78, 5) is 13.7. The Labute approximate surface area is 192 Å². The van der Waals surface area contributed by atoms with E-state index in [1.54, 1.807) is 29.8 Å². The van der Waals surface area contributed by atoms with Gasteiger partial charge in [-0.05, 0) is 36.6 Å². The number of nitrogens with zero attached hydrogens (tertiary/aromatic N) is 3. The van der Waals surface area contributed by atoms with Crippen molar-refractivity contribution in [1.82, 2.24) is 15.0 Å². The normalized spacial score (nSPS) is 11.0. The third-order valence-corrected chi connectivity index (χ3v) is 5.68. The van der Waals surface area contributed by atoms with Crippen molar-refractivity contribution in [2.45, 2.75) is 26.7 Å². The van der Waals surface area contributed by atoms with Crippen molar-refractivity contribution >= 4 is 39.3 Å². The Morgan fingerprint density at radius 2 is 1.84 bits per heavy atom. The number of nitrogens with one attached hydrogen (secondary N) is 2. The number of rotatable bonds is 8. The summed E-state index contributed by atoms with van der Waals surface area (Å²) in [6.45, 7) is 4.80. The fourth-order valence-corrected chi connectivity index (χ4v) is 4.18. The molecule has 3 heterocycles. The second-order valence-electron chi connectivity index (χ2n) is 6.76. The number of aryl methyl sites for hydroxylation is 1. The summed E-state index contributed by atoms with van der Waals surface area (Å²) in [6.07, 6.45) is 8.22. The van der Waals surface area contributed by atoms with E-state index in [1.807, 2.05) is 37.4 Å². The molecular formula is C25H28N6S. The highest BCUT2D eigenvalue weighted by molar-refractivity contribution is 7.18. The minimum absolute atomic E-state index is 0.519. The highest BCUT2D eigenvalue weighted by Gasteiger charge is 2.15. The standard InChI is InChI=1S/C23H22N6S.C2H6/c24-11-8-19(25)18-15-30-21-20(18)28-22(17-9-13-26-14-10-17)29-23(21)27-12-4-7-16-5-2-1-3-6-16;1-2/h1-3,5-6,8-11,13-15,24H,4,7,12,25H2,(H,27,28,29);1-2H3/b19-8-,24-11?;. The van der Waals surface area contributed by atoms with Crippen LogP contribution in [0.4, 0.5) is 5.82 Å². The maximum Gasteiger partial charge on any atom is 0.162 e. The molecule has 32 heavy (non-hydrogen) atoms. The molecule has 0 radical (unpaired) electrons. The molecule has 3 aromatic heterocycles. The first-order valence-electron chi connectivity index (χ1n) is 10.7. The molecule has 0 aliphatic rings. The number of hydrogen-bond donors (Lipinski definition) is 3. The van der Waals surface area contributed by atoms with E-state index in [9.17, 15) is 0 Å². The lowest BCUT2D eigenvalue weighted by molar-refractivity contribution is 0.860. The van der Waals surface area contributed by atoms with Crippen LogP contribution in [0.2, 0.25) is 0 Å². The van der Waals surface area contributed by atoms with Crippen LogP contribution in [0.1, 0.15) is 31.4 Å². The summed E-state index contributed by atoms with van der Waals surface area (Å²) in [6, 6.07) is 14.2. The number of benzene rings is 1. The second kappa shape index (κ2) is 11.7. The SMILES string of the molecule is CC.N=C/C=C(\N)c1csc2c(NCCCc3ccccc3)nc(-c3ccncc3)nc12. The zero-order valence-corrected chi connectivity index (χ0v) is 19.2. The molecule has 4 N–H and O–H groups in total. The van der Waals surface area contributed by atoms with E-state index >= 15 is 0 Å². The van der Waals surface area contributed by atoms with Gasteiger partial charge in [-0.1, -0.05) is 44.2 Å². The van der Waals surface area contributed by atoms with E-state index in [-0.39, 0.29) is 0 Å². The topological polar surface area (TPSA) is 101 Å². The zero-order chi connectivity index (χ0) is 22.8. The van der Waals surface area contributed by atoms with Gasteiger partial charge in [0.1, 0.15) is 5.82 Å². The predicted molar refractivity (Wildman–Crippen MR) is 136 cm³/mol. The number of nitrogens with two attached hydrogens (primary N) is 1. The lowest BCUT2D eigenvalue weighted by Gasteiger charge is -2.10. The summed E-state index contributed by atoms with van der Waals surface area (Å²) in [5.74, 6) is 1.43. The molecule has 0 saturated carbocycles. The summed E-state index contributed by atoms with van der Waals surface area (Å²) < 4.78 is 0.962. The number of allylic oxidation sites excluding steroid dienone is 1. The molecule has 0 atom stereocenters. The van der Waals surface area contributed by atoms with Crippen molar-refractivity contribution in [3.63, 3.8) is 0 Å². The maximum absolute atomic E-state index is 7.32. The van der Waals surface area contributed by atoms with Crippen LogP contribution >= 0.6 is 11.3 Å². The molecule has 7 heteroatoms. The van der Waals surface area contributed by atoms with Crippen LogP contribution in [0.15, 0.2) is 66.3 Å². The van der Waals surface area contributed by atoms with Crippen LogP contribution in [-0.4, -0.2) is 27.7 Å². The van der Waals surface area contributed by atoms with Gasteiger partial charge in [-0.2, -0.15) is 0 Å². The van der Waals surface area contributed by atoms with E-state index in [0.717, 1.165) is 46.5 Å². The molecule has 0 saturated heterocycles. The molecular weight excluding hydrogens is 416 g/mol. The molecule has 4 rings (SSSR count). The largest absolute Gasteiger partial charge is 0.398 e. The number of anilines is 1. The van der Waals surface area contributed by atoms with Crippen LogP contribution in [0, 0.1) is 5.41 Å². The van der Waals surface area contributed by atoms with Gasteiger partial charge in [0.2, 0.25) is 0 Å². The average molecular weight is 445 g/mol. The third-order valence-electron chi connectivity index (χ3n) is 4.71. The smallest absolute Gasteiger partial charge is 0.162 e. The van der Waals surface area contributed by atoms with Crippen molar-refractivity contribution in [1.29, 1.82) is 5.41 Å². The van der Waals surface area contributed by atoms with Crippen LogP contribution in [0.3, 0.4) is 0 Å². The van der Waals surface area contributed by atoms with E-state index in [4.69, 9.17) is 21.1 Å². The van der Waals surface area contributed by atoms with E-state index in [1.165, 1.54) is 11.8 Å². The molecule has 0 aliphatic heterocycles. The van der Waals surface area contributed by atoms with Crippen LogP contribution in [0.25, 0.3) is 27.3 Å². The molecule has 0 fully saturated rings.